The molecule has 0 saturated heterocycles. The van der Waals surface area contributed by atoms with Crippen molar-refractivity contribution in [1.29, 1.82) is 0 Å². The molecule has 0 aliphatic rings. The molecule has 0 fully saturated rings. The summed E-state index contributed by atoms with van der Waals surface area (Å²) in [5.74, 6) is 1.19. The van der Waals surface area contributed by atoms with Gasteiger partial charge in [0.1, 0.15) is 5.69 Å². The number of nitrogens with zero attached hydrogens (tertiary/aromatic N) is 2. The molecule has 0 aromatic carbocycles. The molecule has 1 aromatic heterocycles. The molecule has 0 radical (unpaired) electrons. The van der Waals surface area contributed by atoms with Crippen LogP contribution < -0.4 is 11.1 Å². The molecule has 0 aliphatic carbocycles. The lowest BCUT2D eigenvalue weighted by molar-refractivity contribution is 0.456. The van der Waals surface area contributed by atoms with E-state index in [1.807, 2.05) is 6.26 Å². The van der Waals surface area contributed by atoms with Crippen LogP contribution in [0.1, 0.15) is 0 Å². The van der Waals surface area contributed by atoms with Crippen LogP contribution >= 0.6 is 11.8 Å². The highest BCUT2D eigenvalue weighted by Gasteiger charge is 2.00. The molecule has 6 heteroatoms. The Morgan fingerprint density at radius 1 is 1.69 bits per heavy atom. The first-order valence-corrected chi connectivity index (χ1v) is 5.17. The number of nitrogens with two attached hydrogens (primary N) is 1. The SMILES string of the molecule is CSCCNc1ncc(N)c(O)n1. The van der Waals surface area contributed by atoms with Crippen molar-refractivity contribution in [3.05, 3.63) is 6.20 Å². The first-order chi connectivity index (χ1) is 6.24. The van der Waals surface area contributed by atoms with Crippen molar-refractivity contribution in [3.8, 4) is 5.88 Å². The number of rotatable bonds is 4. The Morgan fingerprint density at radius 3 is 3.08 bits per heavy atom. The number of anilines is 2. The van der Waals surface area contributed by atoms with Crippen LogP contribution in [0.4, 0.5) is 11.6 Å². The summed E-state index contributed by atoms with van der Waals surface area (Å²) < 4.78 is 0. The zero-order valence-electron chi connectivity index (χ0n) is 7.32. The van der Waals surface area contributed by atoms with E-state index in [0.29, 0.717) is 5.95 Å². The fraction of sp³-hybridized carbons (Fsp3) is 0.429. The average molecular weight is 200 g/mol. The minimum absolute atomic E-state index is 0.179. The first kappa shape index (κ1) is 9.91. The minimum Gasteiger partial charge on any atom is -0.492 e. The highest BCUT2D eigenvalue weighted by Crippen LogP contribution is 2.15. The highest BCUT2D eigenvalue weighted by atomic mass is 32.2. The molecule has 0 aliphatic heterocycles. The second-order valence-electron chi connectivity index (χ2n) is 2.39. The fourth-order valence-corrected chi connectivity index (χ4v) is 1.04. The van der Waals surface area contributed by atoms with E-state index >= 15 is 0 Å². The van der Waals surface area contributed by atoms with Crippen LogP contribution in [0.5, 0.6) is 5.88 Å². The second kappa shape index (κ2) is 4.76. The number of thioether (sulfide) groups is 1. The van der Waals surface area contributed by atoms with Gasteiger partial charge in [-0.1, -0.05) is 0 Å². The zero-order valence-corrected chi connectivity index (χ0v) is 8.14. The molecule has 0 spiro atoms. The lowest BCUT2D eigenvalue weighted by Gasteiger charge is -2.03. The summed E-state index contributed by atoms with van der Waals surface area (Å²) in [5.41, 5.74) is 5.53. The summed E-state index contributed by atoms with van der Waals surface area (Å²) >= 11 is 1.72. The Hall–Kier alpha value is -1.17. The van der Waals surface area contributed by atoms with Crippen LogP contribution in [0, 0.1) is 0 Å². The molecule has 4 N–H and O–H groups in total. The predicted octanol–water partition coefficient (Wildman–Crippen LogP) is 0.539. The zero-order chi connectivity index (χ0) is 9.68. The van der Waals surface area contributed by atoms with E-state index in [1.165, 1.54) is 6.20 Å². The summed E-state index contributed by atoms with van der Waals surface area (Å²) in [7, 11) is 0. The van der Waals surface area contributed by atoms with Gasteiger partial charge in [0.05, 0.1) is 6.20 Å². The van der Waals surface area contributed by atoms with Crippen molar-refractivity contribution in [3.63, 3.8) is 0 Å². The quantitative estimate of drug-likeness (QED) is 0.615. The lowest BCUT2D eigenvalue weighted by Crippen LogP contribution is -2.07. The van der Waals surface area contributed by atoms with E-state index in [1.54, 1.807) is 11.8 Å². The number of nitrogens with one attached hydrogen (secondary N) is 1. The molecule has 0 bridgehead atoms. The molecular weight excluding hydrogens is 188 g/mol. The molecule has 72 valence electrons. The Bertz CT molecular complexity index is 281. The third kappa shape index (κ3) is 2.98. The maximum atomic E-state index is 9.14. The Labute approximate surface area is 80.8 Å². The monoisotopic (exact) mass is 200 g/mol. The number of aromatic nitrogens is 2. The fourth-order valence-electron chi connectivity index (χ4n) is 0.732. The van der Waals surface area contributed by atoms with Gasteiger partial charge in [0, 0.05) is 12.3 Å². The number of hydrogen-bond donors (Lipinski definition) is 3. The minimum atomic E-state index is -0.179. The number of aromatic hydroxyl groups is 1. The van der Waals surface area contributed by atoms with Crippen molar-refractivity contribution >= 4 is 23.4 Å². The van der Waals surface area contributed by atoms with Crippen molar-refractivity contribution in [2.24, 2.45) is 0 Å². The largest absolute Gasteiger partial charge is 0.492 e. The third-order valence-electron chi connectivity index (χ3n) is 1.39. The molecule has 5 nitrogen and oxygen atoms in total. The smallest absolute Gasteiger partial charge is 0.239 e. The summed E-state index contributed by atoms with van der Waals surface area (Å²) in [6.07, 6.45) is 3.40. The van der Waals surface area contributed by atoms with Crippen LogP contribution in [-0.4, -0.2) is 33.6 Å². The Balaban J connectivity index is 2.53. The predicted molar refractivity (Wildman–Crippen MR) is 55.0 cm³/mol. The van der Waals surface area contributed by atoms with Gasteiger partial charge in [-0.15, -0.1) is 0 Å². The number of hydrogen-bond acceptors (Lipinski definition) is 6. The summed E-state index contributed by atoms with van der Waals surface area (Å²) in [5, 5.41) is 12.1. The Kier molecular flexibility index (Phi) is 3.63. The van der Waals surface area contributed by atoms with Crippen LogP contribution in [0.2, 0.25) is 0 Å². The topological polar surface area (TPSA) is 84.1 Å². The maximum Gasteiger partial charge on any atom is 0.239 e. The van der Waals surface area contributed by atoms with Gasteiger partial charge in [-0.05, 0) is 6.26 Å². The van der Waals surface area contributed by atoms with Gasteiger partial charge in [0.15, 0.2) is 0 Å². The summed E-state index contributed by atoms with van der Waals surface area (Å²) in [6.45, 7) is 0.768. The molecule has 1 aromatic rings. The summed E-state index contributed by atoms with van der Waals surface area (Å²) in [6, 6.07) is 0. The molecule has 0 amide bonds. The van der Waals surface area contributed by atoms with E-state index in [0.717, 1.165) is 12.3 Å². The highest BCUT2D eigenvalue weighted by molar-refractivity contribution is 7.98. The van der Waals surface area contributed by atoms with Gasteiger partial charge in [0.25, 0.3) is 0 Å². The third-order valence-corrected chi connectivity index (χ3v) is 2.00. The van der Waals surface area contributed by atoms with Gasteiger partial charge in [-0.3, -0.25) is 0 Å². The second-order valence-corrected chi connectivity index (χ2v) is 3.38. The van der Waals surface area contributed by atoms with Crippen LogP contribution in [-0.2, 0) is 0 Å². The standard InChI is InChI=1S/C7H12N4OS/c1-13-3-2-9-7-10-4-5(8)6(12)11-7/h4H,2-3,8H2,1H3,(H2,9,10,11,12). The first-order valence-electron chi connectivity index (χ1n) is 3.78. The number of nitrogen functional groups attached to an aromatic ring is 1. The van der Waals surface area contributed by atoms with Gasteiger partial charge >= 0.3 is 0 Å². The van der Waals surface area contributed by atoms with E-state index in [-0.39, 0.29) is 11.6 Å². The van der Waals surface area contributed by atoms with Crippen molar-refractivity contribution in [2.45, 2.75) is 0 Å². The lowest BCUT2D eigenvalue weighted by atomic mass is 10.5. The molecule has 0 saturated carbocycles. The molecular formula is C7H12N4OS. The van der Waals surface area contributed by atoms with Crippen LogP contribution in [0.15, 0.2) is 6.20 Å². The maximum absolute atomic E-state index is 9.14. The molecule has 1 rings (SSSR count). The van der Waals surface area contributed by atoms with Gasteiger partial charge in [0.2, 0.25) is 11.8 Å². The molecule has 0 atom stereocenters. The van der Waals surface area contributed by atoms with E-state index in [9.17, 15) is 0 Å². The summed E-state index contributed by atoms with van der Waals surface area (Å²) in [4.78, 5) is 7.64. The molecule has 13 heavy (non-hydrogen) atoms. The van der Waals surface area contributed by atoms with E-state index < -0.39 is 0 Å². The van der Waals surface area contributed by atoms with E-state index in [2.05, 4.69) is 15.3 Å². The Morgan fingerprint density at radius 2 is 2.46 bits per heavy atom. The van der Waals surface area contributed by atoms with Crippen molar-refractivity contribution in [2.75, 3.05) is 29.6 Å². The van der Waals surface area contributed by atoms with Gasteiger partial charge in [-0.2, -0.15) is 16.7 Å². The van der Waals surface area contributed by atoms with Crippen molar-refractivity contribution < 1.29 is 5.11 Å². The van der Waals surface area contributed by atoms with Gasteiger partial charge < -0.3 is 16.2 Å². The van der Waals surface area contributed by atoms with Crippen LogP contribution in [0.25, 0.3) is 0 Å². The molecule has 0 unspecified atom stereocenters. The molecule has 1 heterocycles. The van der Waals surface area contributed by atoms with Crippen LogP contribution in [0.3, 0.4) is 0 Å². The van der Waals surface area contributed by atoms with E-state index in [4.69, 9.17) is 10.8 Å². The average Bonchev–Trinajstić information content (AvgIpc) is 2.12. The van der Waals surface area contributed by atoms with Crippen molar-refractivity contribution in [1.82, 2.24) is 9.97 Å². The normalized spacial score (nSPS) is 9.92. The van der Waals surface area contributed by atoms with Gasteiger partial charge in [-0.25, -0.2) is 4.98 Å².